The van der Waals surface area contributed by atoms with Gasteiger partial charge in [0.05, 0.1) is 0 Å². The molecular weight excluding hydrogens is 281 g/mol. The Balaban J connectivity index is 1.33. The van der Waals surface area contributed by atoms with E-state index in [4.69, 9.17) is 0 Å². The van der Waals surface area contributed by atoms with E-state index in [1.165, 1.54) is 17.7 Å². The third-order valence-corrected chi connectivity index (χ3v) is 4.42. The van der Waals surface area contributed by atoms with Crippen LogP contribution >= 0.6 is 0 Å². The van der Waals surface area contributed by atoms with Gasteiger partial charge in [-0.2, -0.15) is 0 Å². The van der Waals surface area contributed by atoms with Crippen LogP contribution in [0.3, 0.4) is 0 Å². The highest BCUT2D eigenvalue weighted by Gasteiger charge is 2.27. The number of amides is 2. The van der Waals surface area contributed by atoms with Crippen LogP contribution in [-0.2, 0) is 6.42 Å². The molecule has 0 radical (unpaired) electrons. The first-order valence-corrected chi connectivity index (χ1v) is 8.23. The number of benzene rings is 1. The van der Waals surface area contributed by atoms with Gasteiger partial charge in [0.1, 0.15) is 5.82 Å². The van der Waals surface area contributed by atoms with Crippen LogP contribution in [0.2, 0.25) is 0 Å². The smallest absolute Gasteiger partial charge is 0.317 e. The van der Waals surface area contributed by atoms with Gasteiger partial charge in [0.15, 0.2) is 0 Å². The Labute approximate surface area is 131 Å². The van der Waals surface area contributed by atoms with Crippen LogP contribution in [0.25, 0.3) is 0 Å². The third kappa shape index (κ3) is 4.44. The first kappa shape index (κ1) is 15.3. The number of halogens is 1. The predicted octanol–water partition coefficient (Wildman–Crippen LogP) is 2.25. The number of carbonyl (C=O) groups excluding carboxylic acids is 1. The molecule has 22 heavy (non-hydrogen) atoms. The molecule has 0 spiro atoms. The third-order valence-electron chi connectivity index (χ3n) is 4.42. The standard InChI is InChI=1S/C17H24FN3O/c18-15-5-3-14(4-6-15)2-1-9-20-10-12-21(13-11-20)17(22)19-16-7-8-16/h3-6,16H,1-2,7-13H2,(H,19,22). The first-order chi connectivity index (χ1) is 10.7. The van der Waals surface area contributed by atoms with E-state index in [0.717, 1.165) is 58.4 Å². The molecule has 0 bridgehead atoms. The van der Waals surface area contributed by atoms with E-state index >= 15 is 0 Å². The number of urea groups is 1. The van der Waals surface area contributed by atoms with E-state index in [9.17, 15) is 9.18 Å². The summed E-state index contributed by atoms with van der Waals surface area (Å²) in [4.78, 5) is 16.3. The average molecular weight is 305 g/mol. The van der Waals surface area contributed by atoms with Crippen molar-refractivity contribution in [2.24, 2.45) is 0 Å². The summed E-state index contributed by atoms with van der Waals surface area (Å²) < 4.78 is 12.8. The summed E-state index contributed by atoms with van der Waals surface area (Å²) in [6.45, 7) is 4.56. The molecule has 0 atom stereocenters. The van der Waals surface area contributed by atoms with Crippen molar-refractivity contribution in [3.63, 3.8) is 0 Å². The van der Waals surface area contributed by atoms with E-state index in [-0.39, 0.29) is 11.8 Å². The van der Waals surface area contributed by atoms with E-state index < -0.39 is 0 Å². The largest absolute Gasteiger partial charge is 0.335 e. The van der Waals surface area contributed by atoms with Crippen LogP contribution in [0.5, 0.6) is 0 Å². The van der Waals surface area contributed by atoms with E-state index in [1.807, 2.05) is 17.0 Å². The van der Waals surface area contributed by atoms with Crippen molar-refractivity contribution >= 4 is 6.03 Å². The SMILES string of the molecule is O=C(NC1CC1)N1CCN(CCCc2ccc(F)cc2)CC1. The summed E-state index contributed by atoms with van der Waals surface area (Å²) in [6, 6.07) is 7.29. The molecule has 0 unspecified atom stereocenters. The van der Waals surface area contributed by atoms with Crippen molar-refractivity contribution in [3.05, 3.63) is 35.6 Å². The fraction of sp³-hybridized carbons (Fsp3) is 0.588. The second-order valence-electron chi connectivity index (χ2n) is 6.28. The van der Waals surface area contributed by atoms with Crippen LogP contribution in [0, 0.1) is 5.82 Å². The minimum absolute atomic E-state index is 0.105. The average Bonchev–Trinajstić information content (AvgIpc) is 3.34. The zero-order valence-electron chi connectivity index (χ0n) is 12.9. The zero-order chi connectivity index (χ0) is 15.4. The molecule has 2 fully saturated rings. The Hall–Kier alpha value is -1.62. The molecule has 0 aromatic heterocycles. The number of piperazine rings is 1. The molecule has 1 saturated heterocycles. The lowest BCUT2D eigenvalue weighted by Crippen LogP contribution is -2.52. The normalized spacial score (nSPS) is 19.2. The number of nitrogens with one attached hydrogen (secondary N) is 1. The van der Waals surface area contributed by atoms with Gasteiger partial charge >= 0.3 is 6.03 Å². The Morgan fingerprint density at radius 3 is 2.45 bits per heavy atom. The maximum Gasteiger partial charge on any atom is 0.317 e. The minimum Gasteiger partial charge on any atom is -0.335 e. The monoisotopic (exact) mass is 305 g/mol. The molecule has 5 heteroatoms. The molecule has 1 aliphatic heterocycles. The number of hydrogen-bond donors (Lipinski definition) is 1. The van der Waals surface area contributed by atoms with Gasteiger partial charge in [-0.1, -0.05) is 12.1 Å². The molecule has 2 aliphatic rings. The van der Waals surface area contributed by atoms with Crippen LogP contribution in [0.15, 0.2) is 24.3 Å². The Morgan fingerprint density at radius 2 is 1.82 bits per heavy atom. The number of aryl methyl sites for hydroxylation is 1. The predicted molar refractivity (Wildman–Crippen MR) is 84.3 cm³/mol. The highest BCUT2D eigenvalue weighted by atomic mass is 19.1. The van der Waals surface area contributed by atoms with Gasteiger partial charge in [-0.15, -0.1) is 0 Å². The minimum atomic E-state index is -0.177. The van der Waals surface area contributed by atoms with Crippen molar-refractivity contribution in [1.82, 2.24) is 15.1 Å². The zero-order valence-corrected chi connectivity index (χ0v) is 12.9. The van der Waals surface area contributed by atoms with E-state index in [1.54, 1.807) is 0 Å². The summed E-state index contributed by atoms with van der Waals surface area (Å²) in [5.41, 5.74) is 1.18. The van der Waals surface area contributed by atoms with Crippen LogP contribution in [0.4, 0.5) is 9.18 Å². The Morgan fingerprint density at radius 1 is 1.14 bits per heavy atom. The first-order valence-electron chi connectivity index (χ1n) is 8.23. The summed E-state index contributed by atoms with van der Waals surface area (Å²) in [7, 11) is 0. The number of rotatable bonds is 5. The molecule has 2 amide bonds. The molecule has 3 rings (SSSR count). The second-order valence-corrected chi connectivity index (χ2v) is 6.28. The maximum atomic E-state index is 12.8. The van der Waals surface area contributed by atoms with E-state index in [0.29, 0.717) is 6.04 Å². The quantitative estimate of drug-likeness (QED) is 0.905. The molecule has 1 saturated carbocycles. The topological polar surface area (TPSA) is 35.6 Å². The van der Waals surface area contributed by atoms with Crippen molar-refractivity contribution in [1.29, 1.82) is 0 Å². The Kier molecular flexibility index (Phi) is 4.93. The lowest BCUT2D eigenvalue weighted by Gasteiger charge is -2.34. The van der Waals surface area contributed by atoms with Gasteiger partial charge in [0, 0.05) is 32.2 Å². The van der Waals surface area contributed by atoms with Gasteiger partial charge < -0.3 is 10.2 Å². The maximum absolute atomic E-state index is 12.8. The van der Waals surface area contributed by atoms with Gasteiger partial charge in [0.25, 0.3) is 0 Å². The molecule has 1 aliphatic carbocycles. The molecule has 1 heterocycles. The lowest BCUT2D eigenvalue weighted by atomic mass is 10.1. The van der Waals surface area contributed by atoms with E-state index in [2.05, 4.69) is 10.2 Å². The highest BCUT2D eigenvalue weighted by molar-refractivity contribution is 5.75. The van der Waals surface area contributed by atoms with Crippen molar-refractivity contribution in [2.75, 3.05) is 32.7 Å². The number of carbonyl (C=O) groups is 1. The molecule has 4 nitrogen and oxygen atoms in total. The van der Waals surface area contributed by atoms with Crippen molar-refractivity contribution in [3.8, 4) is 0 Å². The van der Waals surface area contributed by atoms with Gasteiger partial charge in [-0.05, 0) is 49.9 Å². The van der Waals surface area contributed by atoms with Gasteiger partial charge in [0.2, 0.25) is 0 Å². The molecule has 1 aromatic carbocycles. The summed E-state index contributed by atoms with van der Waals surface area (Å²) in [5.74, 6) is -0.177. The van der Waals surface area contributed by atoms with Crippen molar-refractivity contribution < 1.29 is 9.18 Å². The van der Waals surface area contributed by atoms with Crippen LogP contribution < -0.4 is 5.32 Å². The van der Waals surface area contributed by atoms with Gasteiger partial charge in [-0.3, -0.25) is 4.90 Å². The number of nitrogens with zero attached hydrogens (tertiary/aromatic N) is 2. The lowest BCUT2D eigenvalue weighted by molar-refractivity contribution is 0.138. The summed E-state index contributed by atoms with van der Waals surface area (Å²) in [6.07, 6.45) is 4.31. The molecule has 1 N–H and O–H groups in total. The fourth-order valence-electron chi connectivity index (χ4n) is 2.83. The second kappa shape index (κ2) is 7.09. The molecule has 120 valence electrons. The van der Waals surface area contributed by atoms with Crippen LogP contribution in [0.1, 0.15) is 24.8 Å². The Bertz CT molecular complexity index is 493. The summed E-state index contributed by atoms with van der Waals surface area (Å²) in [5, 5.41) is 3.05. The molecule has 1 aromatic rings. The molecular formula is C17H24FN3O. The van der Waals surface area contributed by atoms with Crippen molar-refractivity contribution in [2.45, 2.75) is 31.7 Å². The number of hydrogen-bond acceptors (Lipinski definition) is 2. The van der Waals surface area contributed by atoms with Crippen LogP contribution in [-0.4, -0.2) is 54.6 Å². The highest BCUT2D eigenvalue weighted by Crippen LogP contribution is 2.19. The van der Waals surface area contributed by atoms with Gasteiger partial charge in [-0.25, -0.2) is 9.18 Å². The fourth-order valence-corrected chi connectivity index (χ4v) is 2.83. The summed E-state index contributed by atoms with van der Waals surface area (Å²) >= 11 is 0.